The molecular weight excluding hydrogens is 98.1 g/mol. The quantitative estimate of drug-likeness (QED) is 0.473. The van der Waals surface area contributed by atoms with Gasteiger partial charge in [-0.25, -0.2) is 0 Å². The molecule has 0 aromatic carbocycles. The van der Waals surface area contributed by atoms with Crippen molar-refractivity contribution in [3.8, 4) is 6.07 Å². The molecule has 0 saturated heterocycles. The van der Waals surface area contributed by atoms with Gasteiger partial charge in [0.05, 0.1) is 12.0 Å². The van der Waals surface area contributed by atoms with Gasteiger partial charge in [0.1, 0.15) is 0 Å². The lowest BCUT2D eigenvalue weighted by Gasteiger charge is -1.90. The third-order valence-corrected chi connectivity index (χ3v) is 0.787. The molecule has 0 bridgehead atoms. The highest BCUT2D eigenvalue weighted by atomic mass is 14.2. The monoisotopic (exact) mass is 109 g/mol. The van der Waals surface area contributed by atoms with Gasteiger partial charge in [-0.1, -0.05) is 11.6 Å². The maximum absolute atomic E-state index is 8.29. The van der Waals surface area contributed by atoms with Gasteiger partial charge < -0.3 is 0 Å². The average Bonchev–Trinajstić information content (AvgIpc) is 1.65. The molecular formula is C7H11N. The van der Waals surface area contributed by atoms with Crippen molar-refractivity contribution in [2.24, 2.45) is 5.92 Å². The molecule has 0 aromatic heterocycles. The number of hydrogen-bond acceptors (Lipinski definition) is 1. The van der Waals surface area contributed by atoms with Crippen LogP contribution in [-0.2, 0) is 0 Å². The molecule has 1 unspecified atom stereocenters. The number of nitriles is 1. The maximum Gasteiger partial charge on any atom is 0.0694 e. The molecule has 0 heterocycles. The van der Waals surface area contributed by atoms with Crippen LogP contribution in [0.4, 0.5) is 0 Å². The van der Waals surface area contributed by atoms with Crippen molar-refractivity contribution in [2.45, 2.75) is 20.8 Å². The summed E-state index contributed by atoms with van der Waals surface area (Å²) in [6.45, 7) is 5.87. The fourth-order valence-corrected chi connectivity index (χ4v) is 0.537. The van der Waals surface area contributed by atoms with E-state index in [2.05, 4.69) is 6.07 Å². The Balaban J connectivity index is 3.74. The Labute approximate surface area is 50.6 Å². The zero-order valence-corrected chi connectivity index (χ0v) is 5.60. The molecule has 0 aromatic rings. The molecule has 0 fully saturated rings. The Morgan fingerprint density at radius 1 is 1.62 bits per heavy atom. The predicted molar refractivity (Wildman–Crippen MR) is 34.2 cm³/mol. The van der Waals surface area contributed by atoms with E-state index in [0.29, 0.717) is 0 Å². The Morgan fingerprint density at radius 3 is 2.25 bits per heavy atom. The largest absolute Gasteiger partial charge is 0.198 e. The molecule has 44 valence electrons. The second-order valence-corrected chi connectivity index (χ2v) is 2.16. The molecule has 0 spiro atoms. The van der Waals surface area contributed by atoms with Crippen LogP contribution in [0.1, 0.15) is 20.8 Å². The molecule has 0 N–H and O–H groups in total. The van der Waals surface area contributed by atoms with Crippen molar-refractivity contribution in [2.75, 3.05) is 0 Å². The zero-order chi connectivity index (χ0) is 6.57. The molecule has 1 atom stereocenters. The van der Waals surface area contributed by atoms with E-state index in [1.165, 1.54) is 5.57 Å². The first-order valence-corrected chi connectivity index (χ1v) is 2.71. The average molecular weight is 109 g/mol. The van der Waals surface area contributed by atoms with Crippen LogP contribution < -0.4 is 0 Å². The Morgan fingerprint density at radius 2 is 2.12 bits per heavy atom. The van der Waals surface area contributed by atoms with Crippen molar-refractivity contribution in [3.05, 3.63) is 11.6 Å². The Hall–Kier alpha value is -0.770. The Bertz CT molecular complexity index is 124. The van der Waals surface area contributed by atoms with Crippen molar-refractivity contribution in [1.82, 2.24) is 0 Å². The first-order chi connectivity index (χ1) is 3.66. The van der Waals surface area contributed by atoms with Gasteiger partial charge >= 0.3 is 0 Å². The fourth-order valence-electron chi connectivity index (χ4n) is 0.537. The van der Waals surface area contributed by atoms with Crippen LogP contribution in [0.15, 0.2) is 11.6 Å². The number of hydrogen-bond donors (Lipinski definition) is 0. The van der Waals surface area contributed by atoms with Crippen LogP contribution >= 0.6 is 0 Å². The minimum absolute atomic E-state index is 0.0694. The van der Waals surface area contributed by atoms with Crippen LogP contribution in [-0.4, -0.2) is 0 Å². The van der Waals surface area contributed by atoms with Crippen molar-refractivity contribution in [1.29, 1.82) is 5.26 Å². The van der Waals surface area contributed by atoms with Gasteiger partial charge in [-0.05, 0) is 20.8 Å². The Kier molecular flexibility index (Phi) is 2.95. The molecule has 0 aliphatic carbocycles. The van der Waals surface area contributed by atoms with E-state index in [9.17, 15) is 0 Å². The minimum atomic E-state index is 0.0694. The molecule has 1 heteroatoms. The van der Waals surface area contributed by atoms with Crippen molar-refractivity contribution >= 4 is 0 Å². The second kappa shape index (κ2) is 3.26. The summed E-state index contributed by atoms with van der Waals surface area (Å²) in [5.41, 5.74) is 1.21. The summed E-state index contributed by atoms with van der Waals surface area (Å²) < 4.78 is 0. The van der Waals surface area contributed by atoms with Crippen molar-refractivity contribution in [3.63, 3.8) is 0 Å². The molecule has 0 rings (SSSR count). The maximum atomic E-state index is 8.29. The molecule has 0 saturated carbocycles. The number of nitrogens with zero attached hydrogens (tertiary/aromatic N) is 1. The minimum Gasteiger partial charge on any atom is -0.198 e. The van der Waals surface area contributed by atoms with E-state index >= 15 is 0 Å². The molecule has 0 amide bonds. The van der Waals surface area contributed by atoms with E-state index in [-0.39, 0.29) is 5.92 Å². The third-order valence-electron chi connectivity index (χ3n) is 0.787. The normalized spacial score (nSPS) is 11.8. The lowest BCUT2D eigenvalue weighted by atomic mass is 10.1. The van der Waals surface area contributed by atoms with Gasteiger partial charge in [0, 0.05) is 0 Å². The van der Waals surface area contributed by atoms with E-state index < -0.39 is 0 Å². The highest BCUT2D eigenvalue weighted by molar-refractivity contribution is 5.03. The van der Waals surface area contributed by atoms with Gasteiger partial charge in [0.2, 0.25) is 0 Å². The summed E-state index contributed by atoms with van der Waals surface area (Å²) in [4.78, 5) is 0. The van der Waals surface area contributed by atoms with E-state index in [1.54, 1.807) is 0 Å². The van der Waals surface area contributed by atoms with E-state index in [4.69, 9.17) is 5.26 Å². The van der Waals surface area contributed by atoms with Gasteiger partial charge in [0.15, 0.2) is 0 Å². The van der Waals surface area contributed by atoms with Crippen LogP contribution in [0.25, 0.3) is 0 Å². The van der Waals surface area contributed by atoms with Crippen molar-refractivity contribution < 1.29 is 0 Å². The van der Waals surface area contributed by atoms with Crippen LogP contribution in [0.5, 0.6) is 0 Å². The standard InChI is InChI=1S/C7H11N/c1-6(2)4-7(3)5-8/h4,7H,1-3H3. The number of allylic oxidation sites excluding steroid dienone is 2. The lowest BCUT2D eigenvalue weighted by Crippen LogP contribution is -1.81. The molecule has 1 nitrogen and oxygen atoms in total. The molecule has 0 radical (unpaired) electrons. The second-order valence-electron chi connectivity index (χ2n) is 2.16. The first kappa shape index (κ1) is 7.23. The van der Waals surface area contributed by atoms with Crippen LogP contribution in [0.2, 0.25) is 0 Å². The van der Waals surface area contributed by atoms with E-state index in [0.717, 1.165) is 0 Å². The van der Waals surface area contributed by atoms with Gasteiger partial charge in [-0.3, -0.25) is 0 Å². The summed E-state index contributed by atoms with van der Waals surface area (Å²) in [5.74, 6) is 0.0694. The SMILES string of the molecule is CC(C)=CC(C)C#N. The smallest absolute Gasteiger partial charge is 0.0694 e. The predicted octanol–water partition coefficient (Wildman–Crippen LogP) is 2.11. The van der Waals surface area contributed by atoms with Crippen LogP contribution in [0, 0.1) is 17.2 Å². The summed E-state index contributed by atoms with van der Waals surface area (Å²) in [7, 11) is 0. The van der Waals surface area contributed by atoms with Gasteiger partial charge in [-0.2, -0.15) is 5.26 Å². The van der Waals surface area contributed by atoms with E-state index in [1.807, 2.05) is 26.8 Å². The fraction of sp³-hybridized carbons (Fsp3) is 0.571. The van der Waals surface area contributed by atoms with Crippen LogP contribution in [0.3, 0.4) is 0 Å². The summed E-state index contributed by atoms with van der Waals surface area (Å²) in [6, 6.07) is 2.12. The highest BCUT2D eigenvalue weighted by Crippen LogP contribution is 1.98. The molecule has 0 aliphatic heterocycles. The summed E-state index contributed by atoms with van der Waals surface area (Å²) in [6.07, 6.45) is 1.94. The summed E-state index contributed by atoms with van der Waals surface area (Å²) in [5, 5.41) is 8.29. The summed E-state index contributed by atoms with van der Waals surface area (Å²) >= 11 is 0. The third kappa shape index (κ3) is 3.42. The van der Waals surface area contributed by atoms with Gasteiger partial charge in [0.25, 0.3) is 0 Å². The van der Waals surface area contributed by atoms with Gasteiger partial charge in [-0.15, -0.1) is 0 Å². The highest BCUT2D eigenvalue weighted by Gasteiger charge is 1.89. The number of rotatable bonds is 1. The molecule has 0 aliphatic rings. The topological polar surface area (TPSA) is 23.8 Å². The zero-order valence-electron chi connectivity index (χ0n) is 5.60. The molecule has 8 heavy (non-hydrogen) atoms. The first-order valence-electron chi connectivity index (χ1n) is 2.71. The lowest BCUT2D eigenvalue weighted by molar-refractivity contribution is 0.941.